The summed E-state index contributed by atoms with van der Waals surface area (Å²) >= 11 is 1.45. The molecule has 0 bridgehead atoms. The van der Waals surface area contributed by atoms with Crippen LogP contribution >= 0.6 is 11.3 Å². The van der Waals surface area contributed by atoms with E-state index >= 15 is 0 Å². The van der Waals surface area contributed by atoms with E-state index in [0.29, 0.717) is 23.2 Å². The molecule has 2 aromatic rings. The Morgan fingerprint density at radius 3 is 2.62 bits per heavy atom. The van der Waals surface area contributed by atoms with Crippen LogP contribution in [0.15, 0.2) is 18.2 Å². The quantitative estimate of drug-likeness (QED) is 0.887. The number of nitrogens with zero attached hydrogens (tertiary/aromatic N) is 1. The van der Waals surface area contributed by atoms with Crippen molar-refractivity contribution in [2.75, 3.05) is 7.11 Å². The number of benzene rings is 1. The predicted octanol–water partition coefficient (Wildman–Crippen LogP) is 3.49. The molecule has 1 saturated carbocycles. The predicted molar refractivity (Wildman–Crippen MR) is 78.0 cm³/mol. The van der Waals surface area contributed by atoms with E-state index in [1.165, 1.54) is 36.3 Å². The van der Waals surface area contributed by atoms with E-state index in [4.69, 9.17) is 4.74 Å². The van der Waals surface area contributed by atoms with Crippen molar-refractivity contribution in [2.24, 2.45) is 0 Å². The SMILES string of the molecule is COCc1nc(-c2cc(F)cc(F)c2)sc1CNC1CC1. The standard InChI is InChI=1S/C15H16F2N2OS/c1-20-8-13-14(7-18-12-2-3-12)21-15(19-13)9-4-10(16)6-11(17)5-9/h4-6,12,18H,2-3,7-8H2,1H3. The summed E-state index contributed by atoms with van der Waals surface area (Å²) < 4.78 is 31.8. The maximum atomic E-state index is 13.3. The third kappa shape index (κ3) is 3.64. The lowest BCUT2D eigenvalue weighted by Gasteiger charge is -2.02. The first-order chi connectivity index (χ1) is 10.2. The lowest BCUT2D eigenvalue weighted by molar-refractivity contribution is 0.181. The van der Waals surface area contributed by atoms with Gasteiger partial charge < -0.3 is 10.1 Å². The minimum Gasteiger partial charge on any atom is -0.378 e. The number of hydrogen-bond donors (Lipinski definition) is 1. The van der Waals surface area contributed by atoms with Gasteiger partial charge in [0.05, 0.1) is 12.3 Å². The summed E-state index contributed by atoms with van der Waals surface area (Å²) in [6, 6.07) is 4.06. The molecule has 0 spiro atoms. The zero-order chi connectivity index (χ0) is 14.8. The van der Waals surface area contributed by atoms with E-state index < -0.39 is 11.6 Å². The summed E-state index contributed by atoms with van der Waals surface area (Å²) in [7, 11) is 1.61. The molecule has 6 heteroatoms. The van der Waals surface area contributed by atoms with Crippen molar-refractivity contribution in [1.82, 2.24) is 10.3 Å². The highest BCUT2D eigenvalue weighted by Crippen LogP contribution is 2.30. The largest absolute Gasteiger partial charge is 0.378 e. The second-order valence-corrected chi connectivity index (χ2v) is 6.22. The first-order valence-electron chi connectivity index (χ1n) is 6.83. The van der Waals surface area contributed by atoms with Crippen LogP contribution in [0.25, 0.3) is 10.6 Å². The Morgan fingerprint density at radius 2 is 2.00 bits per heavy atom. The highest BCUT2D eigenvalue weighted by atomic mass is 32.1. The Balaban J connectivity index is 1.88. The topological polar surface area (TPSA) is 34.1 Å². The van der Waals surface area contributed by atoms with Crippen LogP contribution in [-0.4, -0.2) is 18.1 Å². The third-order valence-corrected chi connectivity index (χ3v) is 4.44. The molecule has 0 amide bonds. The molecule has 0 saturated heterocycles. The first kappa shape index (κ1) is 14.6. The Labute approximate surface area is 126 Å². The minimum atomic E-state index is -0.592. The van der Waals surface area contributed by atoms with E-state index in [0.717, 1.165) is 23.2 Å². The maximum absolute atomic E-state index is 13.3. The number of ether oxygens (including phenoxy) is 1. The van der Waals surface area contributed by atoms with Crippen LogP contribution < -0.4 is 5.32 Å². The van der Waals surface area contributed by atoms with E-state index in [1.54, 1.807) is 7.11 Å². The zero-order valence-corrected chi connectivity index (χ0v) is 12.5. The molecule has 112 valence electrons. The van der Waals surface area contributed by atoms with E-state index in [9.17, 15) is 8.78 Å². The third-order valence-electron chi connectivity index (χ3n) is 3.30. The fourth-order valence-corrected chi connectivity index (χ4v) is 3.10. The van der Waals surface area contributed by atoms with Crippen LogP contribution in [0.2, 0.25) is 0 Å². The minimum absolute atomic E-state index is 0.399. The average molecular weight is 310 g/mol. The summed E-state index contributed by atoms with van der Waals surface area (Å²) in [4.78, 5) is 5.53. The molecule has 1 aromatic heterocycles. The summed E-state index contributed by atoms with van der Waals surface area (Å²) in [5.74, 6) is -1.18. The molecular formula is C15H16F2N2OS. The van der Waals surface area contributed by atoms with Gasteiger partial charge in [0.1, 0.15) is 16.6 Å². The van der Waals surface area contributed by atoms with Gasteiger partial charge in [0.2, 0.25) is 0 Å². The monoisotopic (exact) mass is 310 g/mol. The van der Waals surface area contributed by atoms with Gasteiger partial charge in [0, 0.05) is 36.2 Å². The van der Waals surface area contributed by atoms with Gasteiger partial charge in [-0.15, -0.1) is 11.3 Å². The Morgan fingerprint density at radius 1 is 1.29 bits per heavy atom. The molecule has 0 aliphatic heterocycles. The van der Waals surface area contributed by atoms with E-state index in [1.807, 2.05) is 0 Å². The van der Waals surface area contributed by atoms with Gasteiger partial charge in [0.15, 0.2) is 0 Å². The fourth-order valence-electron chi connectivity index (χ4n) is 2.10. The highest BCUT2D eigenvalue weighted by Gasteiger charge is 2.22. The zero-order valence-electron chi connectivity index (χ0n) is 11.7. The van der Waals surface area contributed by atoms with Gasteiger partial charge in [-0.3, -0.25) is 0 Å². The summed E-state index contributed by atoms with van der Waals surface area (Å²) in [6.07, 6.45) is 2.42. The lowest BCUT2D eigenvalue weighted by Crippen LogP contribution is -2.15. The number of thiazole rings is 1. The fraction of sp³-hybridized carbons (Fsp3) is 0.400. The van der Waals surface area contributed by atoms with Crippen molar-refractivity contribution in [1.29, 1.82) is 0 Å². The second-order valence-electron chi connectivity index (χ2n) is 5.14. The number of hydrogen-bond acceptors (Lipinski definition) is 4. The molecule has 21 heavy (non-hydrogen) atoms. The molecule has 3 rings (SSSR count). The highest BCUT2D eigenvalue weighted by molar-refractivity contribution is 7.15. The van der Waals surface area contributed by atoms with E-state index in [-0.39, 0.29) is 0 Å². The molecular weight excluding hydrogens is 294 g/mol. The Kier molecular flexibility index (Phi) is 4.28. The van der Waals surface area contributed by atoms with Crippen LogP contribution in [0.1, 0.15) is 23.4 Å². The molecule has 1 fully saturated rings. The van der Waals surface area contributed by atoms with Crippen molar-refractivity contribution in [3.8, 4) is 10.6 Å². The number of nitrogens with one attached hydrogen (secondary N) is 1. The molecule has 0 unspecified atom stereocenters. The molecule has 0 radical (unpaired) electrons. The van der Waals surface area contributed by atoms with Crippen LogP contribution in [0.4, 0.5) is 8.78 Å². The number of methoxy groups -OCH3 is 1. The molecule has 1 aromatic carbocycles. The lowest BCUT2D eigenvalue weighted by atomic mass is 10.2. The van der Waals surface area contributed by atoms with Gasteiger partial charge in [-0.2, -0.15) is 0 Å². The number of rotatable bonds is 6. The van der Waals surface area contributed by atoms with Crippen LogP contribution in [0.3, 0.4) is 0 Å². The maximum Gasteiger partial charge on any atom is 0.126 e. The van der Waals surface area contributed by atoms with Crippen LogP contribution in [0.5, 0.6) is 0 Å². The van der Waals surface area contributed by atoms with E-state index in [2.05, 4.69) is 10.3 Å². The van der Waals surface area contributed by atoms with Crippen LogP contribution in [-0.2, 0) is 17.9 Å². The molecule has 1 aliphatic rings. The molecule has 1 N–H and O–H groups in total. The molecule has 0 atom stereocenters. The van der Waals surface area contributed by atoms with Crippen molar-refractivity contribution >= 4 is 11.3 Å². The van der Waals surface area contributed by atoms with Crippen molar-refractivity contribution in [3.05, 3.63) is 40.4 Å². The van der Waals surface area contributed by atoms with Gasteiger partial charge in [-0.25, -0.2) is 13.8 Å². The van der Waals surface area contributed by atoms with Gasteiger partial charge in [0.25, 0.3) is 0 Å². The smallest absolute Gasteiger partial charge is 0.126 e. The first-order valence-corrected chi connectivity index (χ1v) is 7.64. The molecule has 1 aliphatic carbocycles. The second kappa shape index (κ2) is 6.17. The van der Waals surface area contributed by atoms with Crippen molar-refractivity contribution in [2.45, 2.75) is 32.0 Å². The number of halogens is 2. The van der Waals surface area contributed by atoms with Gasteiger partial charge in [-0.05, 0) is 25.0 Å². The molecule has 3 nitrogen and oxygen atoms in total. The van der Waals surface area contributed by atoms with Gasteiger partial charge in [-0.1, -0.05) is 0 Å². The van der Waals surface area contributed by atoms with Crippen molar-refractivity contribution in [3.63, 3.8) is 0 Å². The Hall–Kier alpha value is -1.37. The normalized spacial score (nSPS) is 14.6. The Bertz CT molecular complexity index is 620. The summed E-state index contributed by atoms with van der Waals surface area (Å²) in [6.45, 7) is 1.12. The van der Waals surface area contributed by atoms with Crippen molar-refractivity contribution < 1.29 is 13.5 Å². The van der Waals surface area contributed by atoms with Crippen LogP contribution in [0, 0.1) is 11.6 Å². The summed E-state index contributed by atoms with van der Waals surface area (Å²) in [5.41, 5.74) is 1.29. The molecule has 1 heterocycles. The average Bonchev–Trinajstić information content (AvgIpc) is 3.17. The number of aromatic nitrogens is 1. The van der Waals surface area contributed by atoms with Gasteiger partial charge >= 0.3 is 0 Å². The summed E-state index contributed by atoms with van der Waals surface area (Å²) in [5, 5.41) is 4.04.